The standard InChI is InChI=1S/C29H25Br/c1-20(2)18-21-14-16-22(17-15-21)29(23-8-7-9-24(30)19-23)27-12-5-3-10-25(27)26-11-4-6-13-28(26)29/h3-17,19-20H,18H2,1-2H3. The summed E-state index contributed by atoms with van der Waals surface area (Å²) in [7, 11) is 0. The van der Waals surface area contributed by atoms with Crippen LogP contribution < -0.4 is 0 Å². The molecule has 0 radical (unpaired) electrons. The molecule has 0 bridgehead atoms. The molecule has 0 spiro atoms. The first kappa shape index (κ1) is 19.3. The highest BCUT2D eigenvalue weighted by Crippen LogP contribution is 2.56. The number of hydrogen-bond acceptors (Lipinski definition) is 0. The lowest BCUT2D eigenvalue weighted by molar-refractivity contribution is 0.646. The van der Waals surface area contributed by atoms with Crippen LogP contribution in [0.2, 0.25) is 0 Å². The zero-order valence-corrected chi connectivity index (χ0v) is 19.0. The van der Waals surface area contributed by atoms with E-state index < -0.39 is 0 Å². The van der Waals surface area contributed by atoms with Gasteiger partial charge in [-0.15, -0.1) is 0 Å². The minimum absolute atomic E-state index is 0.312. The molecule has 4 aromatic rings. The predicted octanol–water partition coefficient (Wildman–Crippen LogP) is 8.01. The maximum Gasteiger partial charge on any atom is 0.0713 e. The van der Waals surface area contributed by atoms with Gasteiger partial charge in [0, 0.05) is 4.47 Å². The first-order chi connectivity index (χ1) is 14.6. The molecule has 0 fully saturated rings. The molecule has 5 rings (SSSR count). The lowest BCUT2D eigenvalue weighted by atomic mass is 9.67. The monoisotopic (exact) mass is 452 g/mol. The molecule has 0 unspecified atom stereocenters. The molecule has 30 heavy (non-hydrogen) atoms. The van der Waals surface area contributed by atoms with E-state index in [1.165, 1.54) is 38.9 Å². The fourth-order valence-corrected chi connectivity index (χ4v) is 5.51. The van der Waals surface area contributed by atoms with E-state index in [1.807, 2.05) is 0 Å². The second-order valence-corrected chi connectivity index (χ2v) is 9.56. The maximum absolute atomic E-state index is 3.72. The van der Waals surface area contributed by atoms with Crippen LogP contribution >= 0.6 is 15.9 Å². The Morgan fingerprint density at radius 1 is 0.667 bits per heavy atom. The van der Waals surface area contributed by atoms with Crippen molar-refractivity contribution < 1.29 is 0 Å². The van der Waals surface area contributed by atoms with Crippen LogP contribution in [0.3, 0.4) is 0 Å². The first-order valence-electron chi connectivity index (χ1n) is 10.7. The smallest absolute Gasteiger partial charge is 0.0625 e. The Morgan fingerprint density at radius 2 is 1.27 bits per heavy atom. The molecular weight excluding hydrogens is 428 g/mol. The van der Waals surface area contributed by atoms with E-state index in [-0.39, 0.29) is 5.41 Å². The van der Waals surface area contributed by atoms with E-state index in [0.29, 0.717) is 5.92 Å². The molecule has 0 nitrogen and oxygen atoms in total. The number of benzene rings is 4. The van der Waals surface area contributed by atoms with Gasteiger partial charge < -0.3 is 0 Å². The first-order valence-corrected chi connectivity index (χ1v) is 11.4. The van der Waals surface area contributed by atoms with Gasteiger partial charge in [0.1, 0.15) is 0 Å². The fourth-order valence-electron chi connectivity index (χ4n) is 5.11. The van der Waals surface area contributed by atoms with E-state index in [2.05, 4.69) is 127 Å². The predicted molar refractivity (Wildman–Crippen MR) is 130 cm³/mol. The van der Waals surface area contributed by atoms with E-state index in [1.54, 1.807) is 0 Å². The number of hydrogen-bond donors (Lipinski definition) is 0. The van der Waals surface area contributed by atoms with Gasteiger partial charge in [0.25, 0.3) is 0 Å². The summed E-state index contributed by atoms with van der Waals surface area (Å²) in [5, 5.41) is 0. The highest BCUT2D eigenvalue weighted by atomic mass is 79.9. The lowest BCUT2D eigenvalue weighted by Gasteiger charge is -2.34. The summed E-state index contributed by atoms with van der Waals surface area (Å²) in [5.41, 5.74) is 9.10. The highest BCUT2D eigenvalue weighted by molar-refractivity contribution is 9.10. The molecule has 0 heterocycles. The van der Waals surface area contributed by atoms with Crippen LogP contribution in [-0.4, -0.2) is 0 Å². The second kappa shape index (κ2) is 7.56. The number of halogens is 1. The quantitative estimate of drug-likeness (QED) is 0.259. The molecule has 0 N–H and O–H groups in total. The number of fused-ring (bicyclic) bond motifs is 3. The van der Waals surface area contributed by atoms with Gasteiger partial charge in [-0.1, -0.05) is 115 Å². The van der Waals surface area contributed by atoms with E-state index in [9.17, 15) is 0 Å². The van der Waals surface area contributed by atoms with Crippen molar-refractivity contribution in [3.05, 3.63) is 129 Å². The minimum atomic E-state index is -0.312. The SMILES string of the molecule is CC(C)Cc1ccc(C2(c3cccc(Br)c3)c3ccccc3-c3ccccc32)cc1. The Bertz CT molecular complexity index is 1160. The topological polar surface area (TPSA) is 0 Å². The summed E-state index contributed by atoms with van der Waals surface area (Å²) in [4.78, 5) is 0. The average molecular weight is 453 g/mol. The normalized spacial score (nSPS) is 13.9. The number of rotatable bonds is 4. The third-order valence-corrected chi connectivity index (χ3v) is 6.73. The Morgan fingerprint density at radius 3 is 1.83 bits per heavy atom. The molecule has 0 atom stereocenters. The molecule has 0 aromatic heterocycles. The van der Waals surface area contributed by atoms with Crippen LogP contribution in [0.5, 0.6) is 0 Å². The van der Waals surface area contributed by atoms with Gasteiger partial charge in [-0.25, -0.2) is 0 Å². The Kier molecular flexibility index (Phi) is 4.87. The van der Waals surface area contributed by atoms with Crippen LogP contribution in [0.4, 0.5) is 0 Å². The summed E-state index contributed by atoms with van der Waals surface area (Å²) in [5.74, 6) is 0.655. The van der Waals surface area contributed by atoms with Gasteiger partial charge in [-0.05, 0) is 63.4 Å². The fraction of sp³-hybridized carbons (Fsp3) is 0.172. The molecular formula is C29H25Br. The minimum Gasteiger partial charge on any atom is -0.0625 e. The lowest BCUT2D eigenvalue weighted by Crippen LogP contribution is -2.28. The van der Waals surface area contributed by atoms with Crippen LogP contribution in [0.25, 0.3) is 11.1 Å². The van der Waals surface area contributed by atoms with Gasteiger partial charge in [-0.3, -0.25) is 0 Å². The van der Waals surface area contributed by atoms with Crippen LogP contribution in [0.15, 0.2) is 102 Å². The highest BCUT2D eigenvalue weighted by Gasteiger charge is 2.45. The molecule has 0 saturated carbocycles. The second-order valence-electron chi connectivity index (χ2n) is 8.65. The van der Waals surface area contributed by atoms with Crippen LogP contribution in [0, 0.1) is 5.92 Å². The Balaban J connectivity index is 1.84. The van der Waals surface area contributed by atoms with Crippen molar-refractivity contribution >= 4 is 15.9 Å². The van der Waals surface area contributed by atoms with E-state index >= 15 is 0 Å². The molecule has 1 aliphatic rings. The Labute approximate surface area is 187 Å². The van der Waals surface area contributed by atoms with Crippen molar-refractivity contribution in [3.63, 3.8) is 0 Å². The Hall–Kier alpha value is -2.64. The summed E-state index contributed by atoms with van der Waals surface area (Å²) < 4.78 is 1.11. The zero-order chi connectivity index (χ0) is 20.7. The third-order valence-electron chi connectivity index (χ3n) is 6.24. The van der Waals surface area contributed by atoms with Gasteiger partial charge in [0.15, 0.2) is 0 Å². The molecule has 0 saturated heterocycles. The molecule has 0 aliphatic heterocycles. The van der Waals surface area contributed by atoms with Crippen LogP contribution in [0.1, 0.15) is 41.7 Å². The third kappa shape index (κ3) is 2.96. The maximum atomic E-state index is 3.72. The van der Waals surface area contributed by atoms with E-state index in [0.717, 1.165) is 10.9 Å². The summed E-state index contributed by atoms with van der Waals surface area (Å²) in [6.45, 7) is 4.56. The molecule has 1 heteroatoms. The van der Waals surface area contributed by atoms with E-state index in [4.69, 9.17) is 0 Å². The van der Waals surface area contributed by atoms with Crippen LogP contribution in [-0.2, 0) is 11.8 Å². The largest absolute Gasteiger partial charge is 0.0713 e. The van der Waals surface area contributed by atoms with Gasteiger partial charge >= 0.3 is 0 Å². The van der Waals surface area contributed by atoms with Gasteiger partial charge in [-0.2, -0.15) is 0 Å². The molecule has 1 aliphatic carbocycles. The van der Waals surface area contributed by atoms with Crippen molar-refractivity contribution in [2.75, 3.05) is 0 Å². The summed E-state index contributed by atoms with van der Waals surface area (Å²) in [6, 6.07) is 35.9. The molecule has 4 aromatic carbocycles. The van der Waals surface area contributed by atoms with Crippen molar-refractivity contribution in [2.45, 2.75) is 25.7 Å². The summed E-state index contributed by atoms with van der Waals surface area (Å²) in [6.07, 6.45) is 1.11. The van der Waals surface area contributed by atoms with Gasteiger partial charge in [0.2, 0.25) is 0 Å². The zero-order valence-electron chi connectivity index (χ0n) is 17.4. The van der Waals surface area contributed by atoms with Crippen molar-refractivity contribution in [2.24, 2.45) is 5.92 Å². The average Bonchev–Trinajstić information content (AvgIpc) is 3.05. The van der Waals surface area contributed by atoms with Crippen molar-refractivity contribution in [3.8, 4) is 11.1 Å². The molecule has 0 amide bonds. The molecule has 148 valence electrons. The van der Waals surface area contributed by atoms with Crippen molar-refractivity contribution in [1.29, 1.82) is 0 Å². The van der Waals surface area contributed by atoms with Gasteiger partial charge in [0.05, 0.1) is 5.41 Å². The van der Waals surface area contributed by atoms with Crippen molar-refractivity contribution in [1.82, 2.24) is 0 Å². The summed E-state index contributed by atoms with van der Waals surface area (Å²) >= 11 is 3.72.